The van der Waals surface area contributed by atoms with Crippen LogP contribution < -0.4 is 0 Å². The van der Waals surface area contributed by atoms with Crippen molar-refractivity contribution in [2.75, 3.05) is 34.7 Å². The number of rotatable bonds is 67. The fourth-order valence-electron chi connectivity index (χ4n) is 12.2. The molecule has 0 amide bonds. The van der Waals surface area contributed by atoms with Crippen LogP contribution in [0.3, 0.4) is 0 Å². The van der Waals surface area contributed by atoms with Crippen LogP contribution in [0.25, 0.3) is 0 Å². The van der Waals surface area contributed by atoms with Gasteiger partial charge in [-0.25, -0.2) is 0 Å². The second-order valence-electron chi connectivity index (χ2n) is 26.8. The molecule has 0 rings (SSSR count). The topological polar surface area (TPSA) is 32.8 Å². The second-order valence-corrected chi connectivity index (χ2v) is 26.8. The molecule has 0 aromatic rings. The third-order valence-electron chi connectivity index (χ3n) is 17.9. The SMILES string of the molecule is CCCCC/C=C\C/C=C\CCCCCCCCC(CCCC(CCCC/C=C\C/C=C\CCCCC)CC(CCCCCCCC/C=C\C/C=C\CCCCC)(CCCCCCCC/C=C\C/C=C\CCCCC)OC(=O)CCN(C)C)N(C)C. The van der Waals surface area contributed by atoms with Crippen molar-refractivity contribution in [1.29, 1.82) is 0 Å². The van der Waals surface area contributed by atoms with Crippen molar-refractivity contribution >= 4 is 5.97 Å². The van der Waals surface area contributed by atoms with Crippen molar-refractivity contribution in [3.8, 4) is 0 Å². The first-order chi connectivity index (χ1) is 42.2. The molecule has 0 aromatic heterocycles. The molecule has 0 radical (unpaired) electrons. The average Bonchev–Trinajstić information content (AvgIpc) is 2.90. The van der Waals surface area contributed by atoms with Gasteiger partial charge in [-0.3, -0.25) is 4.79 Å². The summed E-state index contributed by atoms with van der Waals surface area (Å²) >= 11 is 0. The van der Waals surface area contributed by atoms with E-state index in [1.165, 1.54) is 270 Å². The van der Waals surface area contributed by atoms with Crippen LogP contribution in [0.2, 0.25) is 0 Å². The summed E-state index contributed by atoms with van der Waals surface area (Å²) in [5.41, 5.74) is -0.371. The molecule has 0 aliphatic rings. The highest BCUT2D eigenvalue weighted by Crippen LogP contribution is 2.38. The third kappa shape index (κ3) is 61.5. The summed E-state index contributed by atoms with van der Waals surface area (Å²) in [6, 6.07) is 0.637. The van der Waals surface area contributed by atoms with Gasteiger partial charge in [0.2, 0.25) is 0 Å². The molecule has 0 aromatic carbocycles. The standard InChI is InChI=1S/C82H150N2O2/c1-9-13-17-21-25-29-33-37-40-43-46-50-54-58-62-66-72-80(84(7)8)73-69-71-79(70-65-61-57-53-49-36-32-28-24-20-16-12-4)78-82(86-81(85)74-77-83(5)6,75-67-63-59-55-51-47-44-41-38-34-30-26-22-18-14-10-2)76-68-64-60-56-52-48-45-42-39-35-31-27-23-19-15-11-3/h25-32,37-42,49,53,79-80H,9-24,33-36,43-48,50-52,54-78H2,1-8H3/b29-25-,30-26-,31-27-,32-28-,40-37-,41-38-,42-39-,53-49-. The molecule has 0 aliphatic carbocycles. The van der Waals surface area contributed by atoms with Crippen LogP contribution in [0, 0.1) is 5.92 Å². The summed E-state index contributed by atoms with van der Waals surface area (Å²) in [6.45, 7) is 9.87. The molecular weight excluding hydrogens is 1040 g/mol. The Labute approximate surface area is 540 Å². The minimum atomic E-state index is -0.371. The molecule has 86 heavy (non-hydrogen) atoms. The molecule has 0 aliphatic heterocycles. The maximum absolute atomic E-state index is 14.1. The van der Waals surface area contributed by atoms with Crippen LogP contribution in [0.5, 0.6) is 0 Å². The van der Waals surface area contributed by atoms with Gasteiger partial charge in [0.25, 0.3) is 0 Å². The Balaban J connectivity index is 6.06. The first-order valence-corrected chi connectivity index (χ1v) is 38.0. The number of nitrogens with zero attached hydrogens (tertiary/aromatic N) is 2. The summed E-state index contributed by atoms with van der Waals surface area (Å²) in [5.74, 6) is 0.605. The van der Waals surface area contributed by atoms with Crippen molar-refractivity contribution in [1.82, 2.24) is 9.80 Å². The lowest BCUT2D eigenvalue weighted by atomic mass is 9.78. The van der Waals surface area contributed by atoms with Crippen LogP contribution in [0.4, 0.5) is 0 Å². The summed E-state index contributed by atoms with van der Waals surface area (Å²) in [6.07, 6.45) is 104. The summed E-state index contributed by atoms with van der Waals surface area (Å²) in [5, 5.41) is 0. The molecule has 500 valence electrons. The van der Waals surface area contributed by atoms with Gasteiger partial charge in [0.1, 0.15) is 5.60 Å². The zero-order valence-electron chi connectivity index (χ0n) is 59.3. The first-order valence-electron chi connectivity index (χ1n) is 38.0. The Kier molecular flexibility index (Phi) is 66.1. The van der Waals surface area contributed by atoms with Gasteiger partial charge in [0.15, 0.2) is 0 Å². The van der Waals surface area contributed by atoms with E-state index in [-0.39, 0.29) is 11.6 Å². The van der Waals surface area contributed by atoms with Crippen LogP contribution in [0.1, 0.15) is 368 Å². The molecule has 0 saturated carbocycles. The predicted octanol–water partition coefficient (Wildman–Crippen LogP) is 26.6. The minimum Gasteiger partial charge on any atom is -0.459 e. The van der Waals surface area contributed by atoms with E-state index in [1.807, 2.05) is 0 Å². The lowest BCUT2D eigenvalue weighted by molar-refractivity contribution is -0.164. The van der Waals surface area contributed by atoms with Crippen molar-refractivity contribution in [3.05, 3.63) is 97.2 Å². The van der Waals surface area contributed by atoms with Crippen molar-refractivity contribution in [3.63, 3.8) is 0 Å². The number of hydrogen-bond acceptors (Lipinski definition) is 4. The molecule has 4 heteroatoms. The Morgan fingerprint density at radius 2 is 0.616 bits per heavy atom. The maximum Gasteiger partial charge on any atom is 0.307 e. The Morgan fingerprint density at radius 1 is 0.337 bits per heavy atom. The third-order valence-corrected chi connectivity index (χ3v) is 17.9. The number of carbonyl (C=O) groups excluding carboxylic acids is 1. The van der Waals surface area contributed by atoms with Crippen molar-refractivity contribution in [2.45, 2.75) is 380 Å². The van der Waals surface area contributed by atoms with Crippen LogP contribution in [-0.2, 0) is 9.53 Å². The van der Waals surface area contributed by atoms with Gasteiger partial charge in [-0.1, -0.05) is 285 Å². The van der Waals surface area contributed by atoms with E-state index >= 15 is 0 Å². The molecule has 0 fully saturated rings. The Hall–Kier alpha value is -2.69. The van der Waals surface area contributed by atoms with E-state index < -0.39 is 0 Å². The molecule has 0 N–H and O–H groups in total. The molecule has 2 atom stereocenters. The van der Waals surface area contributed by atoms with Gasteiger partial charge in [0.05, 0.1) is 6.42 Å². The highest BCUT2D eigenvalue weighted by Gasteiger charge is 2.36. The second kappa shape index (κ2) is 68.2. The summed E-state index contributed by atoms with van der Waals surface area (Å²) in [7, 11) is 8.82. The molecule has 0 saturated heterocycles. The van der Waals surface area contributed by atoms with Gasteiger partial charge in [-0.15, -0.1) is 0 Å². The zero-order chi connectivity index (χ0) is 62.6. The number of ether oxygens (including phenoxy) is 1. The average molecular weight is 1200 g/mol. The number of hydrogen-bond donors (Lipinski definition) is 0. The van der Waals surface area contributed by atoms with E-state index in [2.05, 4.69) is 163 Å². The quantitative estimate of drug-likeness (QED) is 0.0345. The zero-order valence-corrected chi connectivity index (χ0v) is 59.3. The smallest absolute Gasteiger partial charge is 0.307 e. The first kappa shape index (κ1) is 83.3. The molecule has 0 spiro atoms. The Bertz CT molecular complexity index is 1580. The van der Waals surface area contributed by atoms with E-state index in [0.29, 0.717) is 18.4 Å². The van der Waals surface area contributed by atoms with Gasteiger partial charge in [0, 0.05) is 12.6 Å². The lowest BCUT2D eigenvalue weighted by Crippen LogP contribution is -2.38. The van der Waals surface area contributed by atoms with E-state index in [0.717, 1.165) is 70.8 Å². The summed E-state index contributed by atoms with van der Waals surface area (Å²) in [4.78, 5) is 18.8. The number of unbranched alkanes of at least 4 members (excludes halogenated alkanes) is 32. The fraction of sp³-hybridized carbons (Fsp3) is 0.793. The predicted molar refractivity (Wildman–Crippen MR) is 389 cm³/mol. The molecule has 2 unspecified atom stereocenters. The number of esters is 1. The number of carbonyl (C=O) groups is 1. The summed E-state index contributed by atoms with van der Waals surface area (Å²) < 4.78 is 7.06. The van der Waals surface area contributed by atoms with E-state index in [9.17, 15) is 4.79 Å². The monoisotopic (exact) mass is 1200 g/mol. The lowest BCUT2D eigenvalue weighted by Gasteiger charge is -2.38. The largest absolute Gasteiger partial charge is 0.459 e. The maximum atomic E-state index is 14.1. The van der Waals surface area contributed by atoms with Crippen LogP contribution in [0.15, 0.2) is 97.2 Å². The van der Waals surface area contributed by atoms with Crippen molar-refractivity contribution in [2.24, 2.45) is 5.92 Å². The molecule has 4 nitrogen and oxygen atoms in total. The van der Waals surface area contributed by atoms with Gasteiger partial charge < -0.3 is 14.5 Å². The molecular formula is C82H150N2O2. The van der Waals surface area contributed by atoms with Gasteiger partial charge in [-0.05, 0) is 207 Å². The van der Waals surface area contributed by atoms with Crippen LogP contribution >= 0.6 is 0 Å². The van der Waals surface area contributed by atoms with Gasteiger partial charge in [-0.2, -0.15) is 0 Å². The van der Waals surface area contributed by atoms with E-state index in [1.54, 1.807) is 0 Å². The highest BCUT2D eigenvalue weighted by molar-refractivity contribution is 5.70. The fourth-order valence-corrected chi connectivity index (χ4v) is 12.2. The van der Waals surface area contributed by atoms with Gasteiger partial charge >= 0.3 is 5.97 Å². The minimum absolute atomic E-state index is 0.0306. The number of allylic oxidation sites excluding steroid dienone is 16. The highest BCUT2D eigenvalue weighted by atomic mass is 16.6. The van der Waals surface area contributed by atoms with E-state index in [4.69, 9.17) is 4.74 Å². The molecule has 0 bridgehead atoms. The molecule has 0 heterocycles. The normalized spacial score (nSPS) is 13.6. The van der Waals surface area contributed by atoms with Crippen molar-refractivity contribution < 1.29 is 9.53 Å². The Morgan fingerprint density at radius 3 is 0.953 bits per heavy atom. The van der Waals surface area contributed by atoms with Crippen LogP contribution in [-0.4, -0.2) is 62.1 Å².